The molecule has 0 aromatic carbocycles. The zero-order valence-corrected chi connectivity index (χ0v) is 5.04. The maximum absolute atomic E-state index is 10.3. The fourth-order valence-electron chi connectivity index (χ4n) is 0.248. The van der Waals surface area contributed by atoms with Gasteiger partial charge in [-0.1, -0.05) is 6.58 Å². The second-order valence-corrected chi connectivity index (χ2v) is 1.39. The van der Waals surface area contributed by atoms with E-state index in [2.05, 4.69) is 11.3 Å². The molecule has 0 saturated heterocycles. The first-order valence-electron chi connectivity index (χ1n) is 2.48. The van der Waals surface area contributed by atoms with Gasteiger partial charge in [0.05, 0.1) is 6.54 Å². The zero-order valence-electron chi connectivity index (χ0n) is 5.04. The van der Waals surface area contributed by atoms with Crippen molar-refractivity contribution in [1.29, 1.82) is 0 Å². The summed E-state index contributed by atoms with van der Waals surface area (Å²) in [6, 6.07) is 0. The molecule has 0 bridgehead atoms. The van der Waals surface area contributed by atoms with Crippen LogP contribution in [0.5, 0.6) is 0 Å². The lowest BCUT2D eigenvalue weighted by Gasteiger charge is -2.05. The number of carbonyl (C=O) groups excluding carboxylic acids is 1. The Balaban J connectivity index is 3.46. The standard InChI is InChI=1S/C5H10N2O2/c1-2-4(7)9-5(8)3-6/h2,4H,1,3,6-7H2. The summed E-state index contributed by atoms with van der Waals surface area (Å²) in [5.74, 6) is -0.526. The molecule has 0 fully saturated rings. The Morgan fingerprint density at radius 2 is 2.44 bits per heavy atom. The fourth-order valence-corrected chi connectivity index (χ4v) is 0.248. The van der Waals surface area contributed by atoms with Crippen molar-refractivity contribution in [3.8, 4) is 0 Å². The number of hydrogen-bond donors (Lipinski definition) is 2. The highest BCUT2D eigenvalue weighted by atomic mass is 16.6. The molecule has 0 aliphatic rings. The van der Waals surface area contributed by atoms with Crippen LogP contribution in [0.25, 0.3) is 0 Å². The summed E-state index contributed by atoms with van der Waals surface area (Å²) >= 11 is 0. The van der Waals surface area contributed by atoms with E-state index >= 15 is 0 Å². The van der Waals surface area contributed by atoms with E-state index in [0.29, 0.717) is 0 Å². The topological polar surface area (TPSA) is 78.3 Å². The second kappa shape index (κ2) is 4.05. The molecule has 0 radical (unpaired) electrons. The highest BCUT2D eigenvalue weighted by Gasteiger charge is 2.01. The number of ether oxygens (including phenoxy) is 1. The van der Waals surface area contributed by atoms with Crippen LogP contribution in [0.3, 0.4) is 0 Å². The number of hydrogen-bond acceptors (Lipinski definition) is 4. The van der Waals surface area contributed by atoms with Gasteiger partial charge in [0.2, 0.25) is 0 Å². The molecule has 0 heterocycles. The van der Waals surface area contributed by atoms with Crippen LogP contribution in [0.1, 0.15) is 0 Å². The Morgan fingerprint density at radius 3 is 2.78 bits per heavy atom. The SMILES string of the molecule is C=CC(N)OC(=O)CN. The minimum Gasteiger partial charge on any atom is -0.442 e. The Labute approximate surface area is 53.5 Å². The lowest BCUT2D eigenvalue weighted by atomic mass is 10.5. The third-order valence-corrected chi connectivity index (χ3v) is 0.667. The van der Waals surface area contributed by atoms with E-state index in [-0.39, 0.29) is 6.54 Å². The van der Waals surface area contributed by atoms with Crippen LogP contribution in [-0.4, -0.2) is 18.7 Å². The van der Waals surface area contributed by atoms with Crippen LogP contribution >= 0.6 is 0 Å². The van der Waals surface area contributed by atoms with Crippen LogP contribution < -0.4 is 11.5 Å². The van der Waals surface area contributed by atoms with Crippen LogP contribution in [0.4, 0.5) is 0 Å². The molecule has 4 nitrogen and oxygen atoms in total. The van der Waals surface area contributed by atoms with E-state index in [0.717, 1.165) is 0 Å². The third-order valence-electron chi connectivity index (χ3n) is 0.667. The highest BCUT2D eigenvalue weighted by Crippen LogP contribution is 1.82. The van der Waals surface area contributed by atoms with Gasteiger partial charge in [-0.25, -0.2) is 0 Å². The minimum atomic E-state index is -0.735. The van der Waals surface area contributed by atoms with Gasteiger partial charge in [-0.15, -0.1) is 0 Å². The first kappa shape index (κ1) is 8.13. The average Bonchev–Trinajstić information content (AvgIpc) is 1.87. The van der Waals surface area contributed by atoms with Gasteiger partial charge in [0, 0.05) is 0 Å². The van der Waals surface area contributed by atoms with Gasteiger partial charge in [-0.2, -0.15) is 0 Å². The van der Waals surface area contributed by atoms with Crippen LogP contribution in [0.2, 0.25) is 0 Å². The molecule has 9 heavy (non-hydrogen) atoms. The van der Waals surface area contributed by atoms with Crippen molar-refractivity contribution < 1.29 is 9.53 Å². The largest absolute Gasteiger partial charge is 0.442 e. The Bertz CT molecular complexity index is 114. The van der Waals surface area contributed by atoms with Gasteiger partial charge in [-0.05, 0) is 6.08 Å². The molecule has 0 aromatic rings. The normalized spacial score (nSPS) is 12.2. The molecule has 1 unspecified atom stereocenters. The van der Waals surface area contributed by atoms with E-state index < -0.39 is 12.2 Å². The summed E-state index contributed by atoms with van der Waals surface area (Å²) in [4.78, 5) is 10.3. The molecule has 52 valence electrons. The maximum atomic E-state index is 10.3. The molecular formula is C5H10N2O2. The Hall–Kier alpha value is -0.870. The number of nitrogens with two attached hydrogens (primary N) is 2. The van der Waals surface area contributed by atoms with Crippen molar-refractivity contribution in [3.05, 3.63) is 12.7 Å². The van der Waals surface area contributed by atoms with Crippen molar-refractivity contribution in [3.63, 3.8) is 0 Å². The van der Waals surface area contributed by atoms with Crippen LogP contribution in [0.15, 0.2) is 12.7 Å². The molecule has 0 saturated carbocycles. The Kier molecular flexibility index (Phi) is 3.66. The number of rotatable bonds is 3. The molecule has 0 aliphatic heterocycles. The molecule has 0 aromatic heterocycles. The van der Waals surface area contributed by atoms with E-state index in [1.165, 1.54) is 6.08 Å². The van der Waals surface area contributed by atoms with Crippen molar-refractivity contribution in [2.24, 2.45) is 11.5 Å². The summed E-state index contributed by atoms with van der Waals surface area (Å²) in [6.45, 7) is 3.15. The van der Waals surface area contributed by atoms with Gasteiger partial charge in [0.25, 0.3) is 0 Å². The second-order valence-electron chi connectivity index (χ2n) is 1.39. The van der Waals surface area contributed by atoms with Crippen molar-refractivity contribution in [2.75, 3.05) is 6.54 Å². The molecule has 4 heteroatoms. The summed E-state index contributed by atoms with van der Waals surface area (Å²) < 4.78 is 4.44. The lowest BCUT2D eigenvalue weighted by Crippen LogP contribution is -2.28. The van der Waals surface area contributed by atoms with Crippen molar-refractivity contribution in [2.45, 2.75) is 6.23 Å². The Morgan fingerprint density at radius 1 is 1.89 bits per heavy atom. The van der Waals surface area contributed by atoms with E-state index in [9.17, 15) is 4.79 Å². The smallest absolute Gasteiger partial charge is 0.321 e. The van der Waals surface area contributed by atoms with Crippen molar-refractivity contribution >= 4 is 5.97 Å². The van der Waals surface area contributed by atoms with Crippen LogP contribution in [0, 0.1) is 0 Å². The van der Waals surface area contributed by atoms with Gasteiger partial charge >= 0.3 is 5.97 Å². The van der Waals surface area contributed by atoms with E-state index in [1.807, 2.05) is 0 Å². The van der Waals surface area contributed by atoms with Gasteiger partial charge in [0.15, 0.2) is 6.23 Å². The quantitative estimate of drug-likeness (QED) is 0.290. The summed E-state index contributed by atoms with van der Waals surface area (Å²) in [6.07, 6.45) is 0.578. The van der Waals surface area contributed by atoms with Crippen molar-refractivity contribution in [1.82, 2.24) is 0 Å². The number of esters is 1. The maximum Gasteiger partial charge on any atom is 0.321 e. The van der Waals surface area contributed by atoms with Gasteiger partial charge in [-0.3, -0.25) is 10.5 Å². The summed E-state index contributed by atoms with van der Waals surface area (Å²) in [5.41, 5.74) is 10.0. The first-order valence-corrected chi connectivity index (χ1v) is 2.48. The lowest BCUT2D eigenvalue weighted by molar-refractivity contribution is -0.144. The zero-order chi connectivity index (χ0) is 7.28. The molecule has 0 amide bonds. The monoisotopic (exact) mass is 130 g/mol. The molecule has 1 atom stereocenters. The first-order chi connectivity index (χ1) is 4.20. The number of carbonyl (C=O) groups is 1. The molecule has 0 rings (SSSR count). The fraction of sp³-hybridized carbons (Fsp3) is 0.400. The summed E-state index contributed by atoms with van der Waals surface area (Å²) in [5, 5.41) is 0. The molecule has 0 aliphatic carbocycles. The molecule has 0 spiro atoms. The van der Waals surface area contributed by atoms with Gasteiger partial charge < -0.3 is 10.5 Å². The highest BCUT2D eigenvalue weighted by molar-refractivity contribution is 5.71. The van der Waals surface area contributed by atoms with E-state index in [1.54, 1.807) is 0 Å². The average molecular weight is 130 g/mol. The molecular weight excluding hydrogens is 120 g/mol. The minimum absolute atomic E-state index is 0.151. The summed E-state index contributed by atoms with van der Waals surface area (Å²) in [7, 11) is 0. The van der Waals surface area contributed by atoms with E-state index in [4.69, 9.17) is 11.5 Å². The third kappa shape index (κ3) is 3.69. The predicted octanol–water partition coefficient (Wildman–Crippen LogP) is -1.04. The predicted molar refractivity (Wildman–Crippen MR) is 33.3 cm³/mol. The van der Waals surface area contributed by atoms with Gasteiger partial charge in [0.1, 0.15) is 0 Å². The molecule has 4 N–H and O–H groups in total. The van der Waals surface area contributed by atoms with Crippen LogP contribution in [-0.2, 0) is 9.53 Å².